The van der Waals surface area contributed by atoms with Gasteiger partial charge in [-0.2, -0.15) is 0 Å². The summed E-state index contributed by atoms with van der Waals surface area (Å²) in [7, 11) is 3.25. The Morgan fingerprint density at radius 2 is 1.94 bits per heavy atom. The highest BCUT2D eigenvalue weighted by atomic mass is 16.4. The standard InChI is InChI=1S/C11H19N3O4/c1-7(10(17)13(2)3)12-11(18)14-5-8(6-14)4-9(15)16/h7-8H,4-6H2,1-3H3,(H,12,18)(H,15,16). The van der Waals surface area contributed by atoms with E-state index in [1.54, 1.807) is 21.0 Å². The number of nitrogens with one attached hydrogen (secondary N) is 1. The molecule has 1 heterocycles. The van der Waals surface area contributed by atoms with Crippen molar-refractivity contribution >= 4 is 17.9 Å². The molecule has 1 rings (SSSR count). The topological polar surface area (TPSA) is 90.0 Å². The summed E-state index contributed by atoms with van der Waals surface area (Å²) in [6, 6.07) is -0.898. The van der Waals surface area contributed by atoms with E-state index in [4.69, 9.17) is 5.11 Å². The first-order valence-electron chi connectivity index (χ1n) is 5.79. The third kappa shape index (κ3) is 3.61. The van der Waals surface area contributed by atoms with Gasteiger partial charge >= 0.3 is 12.0 Å². The Kier molecular flexibility index (Phi) is 4.52. The number of rotatable bonds is 4. The number of likely N-dealkylation sites (tertiary alicyclic amines) is 1. The summed E-state index contributed by atoms with van der Waals surface area (Å²) < 4.78 is 0. The van der Waals surface area contributed by atoms with Crippen molar-refractivity contribution in [2.24, 2.45) is 5.92 Å². The predicted octanol–water partition coefficient (Wildman–Crippen LogP) is -0.421. The molecule has 7 heteroatoms. The molecule has 0 bridgehead atoms. The molecule has 2 N–H and O–H groups in total. The van der Waals surface area contributed by atoms with Crippen molar-refractivity contribution in [1.82, 2.24) is 15.1 Å². The van der Waals surface area contributed by atoms with Crippen LogP contribution in [0.1, 0.15) is 13.3 Å². The molecule has 7 nitrogen and oxygen atoms in total. The van der Waals surface area contributed by atoms with Crippen LogP contribution in [0.15, 0.2) is 0 Å². The second kappa shape index (κ2) is 5.70. The summed E-state index contributed by atoms with van der Waals surface area (Å²) in [6.45, 7) is 2.48. The predicted molar refractivity (Wildman–Crippen MR) is 64.0 cm³/mol. The van der Waals surface area contributed by atoms with Gasteiger partial charge in [0.25, 0.3) is 0 Å². The maximum atomic E-state index is 11.7. The fourth-order valence-electron chi connectivity index (χ4n) is 1.84. The van der Waals surface area contributed by atoms with Gasteiger partial charge in [0.1, 0.15) is 6.04 Å². The molecular weight excluding hydrogens is 238 g/mol. The van der Waals surface area contributed by atoms with Crippen LogP contribution >= 0.6 is 0 Å². The number of likely N-dealkylation sites (N-methyl/N-ethyl adjacent to an activating group) is 1. The highest BCUT2D eigenvalue weighted by Crippen LogP contribution is 2.18. The number of aliphatic carboxylic acids is 1. The Labute approximate surface area is 106 Å². The van der Waals surface area contributed by atoms with Crippen LogP contribution < -0.4 is 5.32 Å². The molecule has 1 aliphatic heterocycles. The van der Waals surface area contributed by atoms with Gasteiger partial charge in [-0.05, 0) is 6.92 Å². The van der Waals surface area contributed by atoms with Gasteiger partial charge in [0.15, 0.2) is 0 Å². The van der Waals surface area contributed by atoms with Gasteiger partial charge in [-0.25, -0.2) is 4.79 Å². The van der Waals surface area contributed by atoms with Crippen molar-refractivity contribution in [1.29, 1.82) is 0 Å². The van der Waals surface area contributed by atoms with E-state index in [0.29, 0.717) is 13.1 Å². The smallest absolute Gasteiger partial charge is 0.318 e. The number of carboxylic acid groups (broad SMARTS) is 1. The average Bonchev–Trinajstić information content (AvgIpc) is 2.20. The van der Waals surface area contributed by atoms with Crippen LogP contribution in [0.3, 0.4) is 0 Å². The molecule has 1 unspecified atom stereocenters. The zero-order valence-electron chi connectivity index (χ0n) is 10.8. The van der Waals surface area contributed by atoms with Crippen LogP contribution in [-0.2, 0) is 9.59 Å². The minimum atomic E-state index is -0.851. The highest BCUT2D eigenvalue weighted by Gasteiger charge is 2.33. The van der Waals surface area contributed by atoms with Crippen LogP contribution in [-0.4, -0.2) is 66.0 Å². The lowest BCUT2D eigenvalue weighted by Crippen LogP contribution is -2.57. The van der Waals surface area contributed by atoms with Crippen LogP contribution in [0.25, 0.3) is 0 Å². The summed E-state index contributed by atoms with van der Waals surface area (Å²) in [4.78, 5) is 36.6. The van der Waals surface area contributed by atoms with E-state index in [-0.39, 0.29) is 24.3 Å². The zero-order chi connectivity index (χ0) is 13.9. The summed E-state index contributed by atoms with van der Waals surface area (Å²) >= 11 is 0. The quantitative estimate of drug-likeness (QED) is 0.715. The minimum absolute atomic E-state index is 0.0214. The molecule has 0 radical (unpaired) electrons. The number of carboxylic acids is 1. The van der Waals surface area contributed by atoms with Crippen molar-refractivity contribution in [3.63, 3.8) is 0 Å². The second-order valence-corrected chi connectivity index (χ2v) is 4.77. The van der Waals surface area contributed by atoms with Gasteiger partial charge < -0.3 is 20.2 Å². The number of carbonyl (C=O) groups excluding carboxylic acids is 2. The molecule has 0 aromatic rings. The summed E-state index contributed by atoms with van der Waals surface area (Å²) in [5, 5.41) is 11.2. The minimum Gasteiger partial charge on any atom is -0.481 e. The van der Waals surface area contributed by atoms with Gasteiger partial charge in [0.05, 0.1) is 6.42 Å². The van der Waals surface area contributed by atoms with E-state index in [1.807, 2.05) is 0 Å². The van der Waals surface area contributed by atoms with E-state index >= 15 is 0 Å². The van der Waals surface area contributed by atoms with Crippen molar-refractivity contribution in [2.45, 2.75) is 19.4 Å². The number of hydrogen-bond donors (Lipinski definition) is 2. The fourth-order valence-corrected chi connectivity index (χ4v) is 1.84. The third-order valence-corrected chi connectivity index (χ3v) is 2.86. The summed E-state index contributed by atoms with van der Waals surface area (Å²) in [6.07, 6.45) is 0.0793. The lowest BCUT2D eigenvalue weighted by Gasteiger charge is -2.39. The molecule has 0 aromatic heterocycles. The van der Waals surface area contributed by atoms with E-state index in [1.165, 1.54) is 9.80 Å². The number of carbonyl (C=O) groups is 3. The Bertz CT molecular complexity index is 350. The second-order valence-electron chi connectivity index (χ2n) is 4.77. The number of nitrogens with zero attached hydrogens (tertiary/aromatic N) is 2. The molecule has 0 spiro atoms. The first kappa shape index (κ1) is 14.3. The maximum absolute atomic E-state index is 11.7. The normalized spacial score (nSPS) is 16.7. The van der Waals surface area contributed by atoms with Gasteiger partial charge in [0, 0.05) is 33.1 Å². The Balaban J connectivity index is 2.31. The van der Waals surface area contributed by atoms with Crippen LogP contribution in [0.2, 0.25) is 0 Å². The Hall–Kier alpha value is -1.79. The van der Waals surface area contributed by atoms with E-state index < -0.39 is 12.0 Å². The van der Waals surface area contributed by atoms with Crippen LogP contribution in [0, 0.1) is 5.92 Å². The Morgan fingerprint density at radius 1 is 1.39 bits per heavy atom. The summed E-state index contributed by atoms with van der Waals surface area (Å²) in [5.74, 6) is -1.00. The van der Waals surface area contributed by atoms with Gasteiger partial charge in [0.2, 0.25) is 5.91 Å². The Morgan fingerprint density at radius 3 is 2.39 bits per heavy atom. The molecule has 3 amide bonds. The molecular formula is C11H19N3O4. The maximum Gasteiger partial charge on any atom is 0.318 e. The molecule has 18 heavy (non-hydrogen) atoms. The van der Waals surface area contributed by atoms with Gasteiger partial charge in [-0.3, -0.25) is 9.59 Å². The monoisotopic (exact) mass is 257 g/mol. The van der Waals surface area contributed by atoms with Crippen molar-refractivity contribution < 1.29 is 19.5 Å². The summed E-state index contributed by atoms with van der Waals surface area (Å²) in [5.41, 5.74) is 0. The van der Waals surface area contributed by atoms with E-state index in [9.17, 15) is 14.4 Å². The molecule has 1 saturated heterocycles. The lowest BCUT2D eigenvalue weighted by atomic mass is 9.97. The number of urea groups is 1. The molecule has 1 fully saturated rings. The fraction of sp³-hybridized carbons (Fsp3) is 0.727. The highest BCUT2D eigenvalue weighted by molar-refractivity contribution is 5.86. The molecule has 1 aliphatic rings. The van der Waals surface area contributed by atoms with E-state index in [2.05, 4.69) is 5.32 Å². The van der Waals surface area contributed by atoms with Gasteiger partial charge in [-0.1, -0.05) is 0 Å². The van der Waals surface area contributed by atoms with Crippen molar-refractivity contribution in [3.8, 4) is 0 Å². The average molecular weight is 257 g/mol. The SMILES string of the molecule is CC(NC(=O)N1CC(CC(=O)O)C1)C(=O)N(C)C. The first-order valence-corrected chi connectivity index (χ1v) is 5.79. The van der Waals surface area contributed by atoms with Crippen molar-refractivity contribution in [2.75, 3.05) is 27.2 Å². The van der Waals surface area contributed by atoms with E-state index in [0.717, 1.165) is 0 Å². The lowest BCUT2D eigenvalue weighted by molar-refractivity contribution is -0.139. The largest absolute Gasteiger partial charge is 0.481 e. The number of amides is 3. The molecule has 102 valence electrons. The molecule has 1 atom stereocenters. The molecule has 0 saturated carbocycles. The van der Waals surface area contributed by atoms with Gasteiger partial charge in [-0.15, -0.1) is 0 Å². The van der Waals surface area contributed by atoms with Crippen LogP contribution in [0.5, 0.6) is 0 Å². The third-order valence-electron chi connectivity index (χ3n) is 2.86. The first-order chi connectivity index (χ1) is 8.31. The number of hydrogen-bond acceptors (Lipinski definition) is 3. The van der Waals surface area contributed by atoms with Crippen molar-refractivity contribution in [3.05, 3.63) is 0 Å². The van der Waals surface area contributed by atoms with Crippen LogP contribution in [0.4, 0.5) is 4.79 Å². The molecule has 0 aliphatic carbocycles. The molecule has 0 aromatic carbocycles. The zero-order valence-corrected chi connectivity index (χ0v) is 10.8.